The molecule has 2 aliphatic heterocycles. The van der Waals surface area contributed by atoms with Gasteiger partial charge in [0.1, 0.15) is 11.4 Å². The second kappa shape index (κ2) is 7.49. The molecule has 2 aromatic rings. The van der Waals surface area contributed by atoms with Gasteiger partial charge in [-0.2, -0.15) is 8.73 Å². The van der Waals surface area contributed by atoms with Crippen molar-refractivity contribution in [1.29, 1.82) is 0 Å². The SMILES string of the molecule is CN1CCN(CC(=O)Nc2cccc3c2N=S=N3)C(c2ccccc2)C1. The van der Waals surface area contributed by atoms with Crippen molar-refractivity contribution < 1.29 is 4.79 Å². The molecule has 0 aromatic heterocycles. The van der Waals surface area contributed by atoms with E-state index in [1.165, 1.54) is 5.56 Å². The van der Waals surface area contributed by atoms with Gasteiger partial charge in [0.25, 0.3) is 0 Å². The molecule has 2 aromatic carbocycles. The summed E-state index contributed by atoms with van der Waals surface area (Å²) in [7, 11) is 2.13. The Kier molecular flexibility index (Phi) is 4.92. The van der Waals surface area contributed by atoms with E-state index >= 15 is 0 Å². The molecule has 7 heteroatoms. The third kappa shape index (κ3) is 3.60. The van der Waals surface area contributed by atoms with E-state index < -0.39 is 0 Å². The van der Waals surface area contributed by atoms with E-state index in [1.807, 2.05) is 24.3 Å². The minimum Gasteiger partial charge on any atom is -0.323 e. The van der Waals surface area contributed by atoms with E-state index in [9.17, 15) is 4.79 Å². The molecule has 0 bridgehead atoms. The van der Waals surface area contributed by atoms with Crippen LogP contribution in [0.25, 0.3) is 0 Å². The summed E-state index contributed by atoms with van der Waals surface area (Å²) < 4.78 is 8.51. The number of hydrogen-bond donors (Lipinski definition) is 1. The van der Waals surface area contributed by atoms with Gasteiger partial charge in [-0.15, -0.1) is 0 Å². The maximum atomic E-state index is 12.7. The second-order valence-corrected chi connectivity index (χ2v) is 7.17. The van der Waals surface area contributed by atoms with E-state index in [2.05, 4.69) is 55.2 Å². The number of rotatable bonds is 4. The molecule has 4 rings (SSSR count). The number of nitrogens with zero attached hydrogens (tertiary/aromatic N) is 4. The van der Waals surface area contributed by atoms with Crippen LogP contribution >= 0.6 is 0 Å². The zero-order chi connectivity index (χ0) is 17.9. The number of carbonyl (C=O) groups is 1. The van der Waals surface area contributed by atoms with Crippen LogP contribution in [0.4, 0.5) is 17.1 Å². The predicted molar refractivity (Wildman–Crippen MR) is 105 cm³/mol. The lowest BCUT2D eigenvalue weighted by molar-refractivity contribution is -0.118. The van der Waals surface area contributed by atoms with Crippen LogP contribution in [0.2, 0.25) is 0 Å². The summed E-state index contributed by atoms with van der Waals surface area (Å²) in [6, 6.07) is 16.3. The zero-order valence-electron chi connectivity index (χ0n) is 14.6. The Morgan fingerprint density at radius 2 is 2.00 bits per heavy atom. The number of amides is 1. The number of piperazine rings is 1. The summed E-state index contributed by atoms with van der Waals surface area (Å²) in [4.78, 5) is 17.3. The fourth-order valence-electron chi connectivity index (χ4n) is 3.42. The summed E-state index contributed by atoms with van der Waals surface area (Å²) in [5, 5.41) is 3.01. The molecular formula is C19H21N5OS. The maximum Gasteiger partial charge on any atom is 0.238 e. The van der Waals surface area contributed by atoms with Gasteiger partial charge in [-0.05, 0) is 24.7 Å². The van der Waals surface area contributed by atoms with Crippen LogP contribution in [0.3, 0.4) is 0 Å². The fraction of sp³-hybridized carbons (Fsp3) is 0.316. The molecule has 1 fully saturated rings. The molecular weight excluding hydrogens is 346 g/mol. The monoisotopic (exact) mass is 367 g/mol. The smallest absolute Gasteiger partial charge is 0.238 e. The number of carbonyl (C=O) groups excluding carboxylic acids is 1. The minimum atomic E-state index is -0.0176. The van der Waals surface area contributed by atoms with E-state index in [1.54, 1.807) is 0 Å². The largest absolute Gasteiger partial charge is 0.323 e. The third-order valence-electron chi connectivity index (χ3n) is 4.79. The van der Waals surface area contributed by atoms with Crippen LogP contribution in [-0.2, 0) is 16.1 Å². The average Bonchev–Trinajstić information content (AvgIpc) is 3.14. The van der Waals surface area contributed by atoms with Crippen molar-refractivity contribution >= 4 is 34.3 Å². The highest BCUT2D eigenvalue weighted by atomic mass is 32.1. The normalized spacial score (nSPS) is 19.8. The van der Waals surface area contributed by atoms with Gasteiger partial charge in [-0.3, -0.25) is 9.69 Å². The molecule has 6 nitrogen and oxygen atoms in total. The third-order valence-corrected chi connectivity index (χ3v) is 5.33. The molecule has 1 unspecified atom stereocenters. The lowest BCUT2D eigenvalue weighted by Gasteiger charge is -2.39. The van der Waals surface area contributed by atoms with Gasteiger partial charge >= 0.3 is 0 Å². The summed E-state index contributed by atoms with van der Waals surface area (Å²) in [5.41, 5.74) is 3.54. The van der Waals surface area contributed by atoms with Gasteiger partial charge in [0.2, 0.25) is 5.91 Å². The van der Waals surface area contributed by atoms with Crippen LogP contribution in [-0.4, -0.2) is 48.9 Å². The number of benzene rings is 2. The zero-order valence-corrected chi connectivity index (χ0v) is 15.4. The van der Waals surface area contributed by atoms with Crippen molar-refractivity contribution in [3.05, 3.63) is 54.1 Å². The quantitative estimate of drug-likeness (QED) is 0.769. The first-order valence-corrected chi connectivity index (χ1v) is 9.42. The summed E-state index contributed by atoms with van der Waals surface area (Å²) in [6.07, 6.45) is 0. The Morgan fingerprint density at radius 1 is 1.15 bits per heavy atom. The molecule has 1 amide bonds. The molecule has 0 radical (unpaired) electrons. The topological polar surface area (TPSA) is 60.3 Å². The molecule has 2 aliphatic rings. The second-order valence-electron chi connectivity index (χ2n) is 6.64. The molecule has 0 spiro atoms. The number of likely N-dealkylation sites (N-methyl/N-ethyl adjacent to an activating group) is 1. The Morgan fingerprint density at radius 3 is 2.85 bits per heavy atom. The van der Waals surface area contributed by atoms with Crippen molar-refractivity contribution in [2.45, 2.75) is 6.04 Å². The summed E-state index contributed by atoms with van der Waals surface area (Å²) >= 11 is 1.16. The highest BCUT2D eigenvalue weighted by Gasteiger charge is 2.28. The van der Waals surface area contributed by atoms with Gasteiger partial charge in [0.05, 0.1) is 23.6 Å². The minimum absolute atomic E-state index is 0.0176. The molecule has 0 saturated carbocycles. The molecule has 134 valence electrons. The molecule has 1 atom stereocenters. The van der Waals surface area contributed by atoms with Gasteiger partial charge in [0, 0.05) is 25.7 Å². The van der Waals surface area contributed by atoms with Crippen molar-refractivity contribution in [2.75, 3.05) is 38.5 Å². The number of nitrogens with one attached hydrogen (secondary N) is 1. The first kappa shape index (κ1) is 17.1. The van der Waals surface area contributed by atoms with E-state index in [-0.39, 0.29) is 11.9 Å². The maximum absolute atomic E-state index is 12.7. The van der Waals surface area contributed by atoms with Crippen LogP contribution in [0.5, 0.6) is 0 Å². The summed E-state index contributed by atoms with van der Waals surface area (Å²) in [6.45, 7) is 3.11. The lowest BCUT2D eigenvalue weighted by Crippen LogP contribution is -2.49. The van der Waals surface area contributed by atoms with Crippen molar-refractivity contribution in [1.82, 2.24) is 9.80 Å². The predicted octanol–water partition coefficient (Wildman–Crippen LogP) is 3.34. The van der Waals surface area contributed by atoms with Gasteiger partial charge < -0.3 is 10.2 Å². The first-order valence-electron chi connectivity index (χ1n) is 8.69. The van der Waals surface area contributed by atoms with Crippen molar-refractivity contribution in [3.63, 3.8) is 0 Å². The van der Waals surface area contributed by atoms with Gasteiger partial charge in [0.15, 0.2) is 0 Å². The number of hydrogen-bond acceptors (Lipinski definition) is 5. The summed E-state index contributed by atoms with van der Waals surface area (Å²) in [5.74, 6) is -0.0176. The molecule has 2 heterocycles. The van der Waals surface area contributed by atoms with Gasteiger partial charge in [-0.1, -0.05) is 36.4 Å². The van der Waals surface area contributed by atoms with Crippen LogP contribution < -0.4 is 5.32 Å². The highest BCUT2D eigenvalue weighted by molar-refractivity contribution is 7.58. The van der Waals surface area contributed by atoms with E-state index in [4.69, 9.17) is 0 Å². The van der Waals surface area contributed by atoms with Crippen LogP contribution in [0.15, 0.2) is 57.3 Å². The Balaban J connectivity index is 1.48. The van der Waals surface area contributed by atoms with Crippen molar-refractivity contribution in [3.8, 4) is 0 Å². The standard InChI is InChI=1S/C19H21N5OS/c1-23-10-11-24(17(12-23)14-6-3-2-4-7-14)13-18(25)20-15-8-5-9-16-19(15)22-26-21-16/h2-9,17H,10-13H2,1H3,(H,20,25). The molecule has 1 N–H and O–H groups in total. The number of anilines is 1. The average molecular weight is 367 g/mol. The molecule has 1 saturated heterocycles. The number of fused-ring (bicyclic) bond motifs is 1. The Labute approximate surface area is 156 Å². The lowest BCUT2D eigenvalue weighted by atomic mass is 10.0. The Hall–Kier alpha value is -2.35. The Bertz CT molecular complexity index is 879. The van der Waals surface area contributed by atoms with Crippen LogP contribution in [0, 0.1) is 0 Å². The van der Waals surface area contributed by atoms with E-state index in [0.29, 0.717) is 6.54 Å². The van der Waals surface area contributed by atoms with Crippen molar-refractivity contribution in [2.24, 2.45) is 8.73 Å². The van der Waals surface area contributed by atoms with Crippen LogP contribution in [0.1, 0.15) is 11.6 Å². The van der Waals surface area contributed by atoms with E-state index in [0.717, 1.165) is 48.1 Å². The first-order chi connectivity index (χ1) is 12.7. The van der Waals surface area contributed by atoms with Gasteiger partial charge in [-0.25, -0.2) is 0 Å². The molecule has 0 aliphatic carbocycles. The highest BCUT2D eigenvalue weighted by Crippen LogP contribution is 2.38. The molecule has 26 heavy (non-hydrogen) atoms. The fourth-order valence-corrected chi connectivity index (χ4v) is 3.97.